The average Bonchev–Trinajstić information content (AvgIpc) is 3.06. The Morgan fingerprint density at radius 3 is 3.05 bits per heavy atom. The van der Waals surface area contributed by atoms with Crippen LogP contribution in [0.15, 0.2) is 36.0 Å². The normalized spacial score (nSPS) is 12.8. The average molecular weight is 271 g/mol. The molecule has 1 aromatic carbocycles. The summed E-state index contributed by atoms with van der Waals surface area (Å²) in [5.74, 6) is 2.32. The van der Waals surface area contributed by atoms with Gasteiger partial charge < -0.3 is 14.8 Å². The van der Waals surface area contributed by atoms with E-state index in [1.165, 1.54) is 0 Å². The van der Waals surface area contributed by atoms with Gasteiger partial charge in [-0.15, -0.1) is 11.3 Å². The van der Waals surface area contributed by atoms with Crippen LogP contribution in [0.5, 0.6) is 11.5 Å². The molecule has 0 saturated carbocycles. The number of rotatable bonds is 2. The highest BCUT2D eigenvalue weighted by molar-refractivity contribution is 7.16. The van der Waals surface area contributed by atoms with Crippen molar-refractivity contribution in [2.75, 3.05) is 12.1 Å². The monoisotopic (exact) mass is 271 g/mol. The molecule has 0 unspecified atom stereocenters. The maximum absolute atomic E-state index is 5.36. The number of ether oxygens (including phenoxy) is 2. The SMILES string of the molecule is c1nc(Nc2ccc3c(c2)OCO3)c2ccsc2n1. The Kier molecular flexibility index (Phi) is 2.28. The van der Waals surface area contributed by atoms with Gasteiger partial charge in [-0.3, -0.25) is 0 Å². The highest BCUT2D eigenvalue weighted by Gasteiger charge is 2.14. The van der Waals surface area contributed by atoms with Crippen LogP contribution in [-0.4, -0.2) is 16.8 Å². The summed E-state index contributed by atoms with van der Waals surface area (Å²) in [7, 11) is 0. The number of thiophene rings is 1. The van der Waals surface area contributed by atoms with Crippen molar-refractivity contribution in [2.45, 2.75) is 0 Å². The summed E-state index contributed by atoms with van der Waals surface area (Å²) in [6.45, 7) is 0.279. The lowest BCUT2D eigenvalue weighted by atomic mass is 10.2. The molecular weight excluding hydrogens is 262 g/mol. The topological polar surface area (TPSA) is 56.3 Å². The summed E-state index contributed by atoms with van der Waals surface area (Å²) < 4.78 is 10.6. The quantitative estimate of drug-likeness (QED) is 0.776. The number of hydrogen-bond acceptors (Lipinski definition) is 6. The number of aromatic nitrogens is 2. The van der Waals surface area contributed by atoms with E-state index in [9.17, 15) is 0 Å². The molecule has 5 nitrogen and oxygen atoms in total. The molecule has 94 valence electrons. The molecule has 0 fully saturated rings. The van der Waals surface area contributed by atoms with Crippen molar-refractivity contribution in [1.29, 1.82) is 0 Å². The first-order valence-electron chi connectivity index (χ1n) is 5.75. The molecule has 0 spiro atoms. The fourth-order valence-corrected chi connectivity index (χ4v) is 2.73. The van der Waals surface area contributed by atoms with E-state index in [1.807, 2.05) is 29.6 Å². The minimum atomic E-state index is 0.279. The van der Waals surface area contributed by atoms with Crippen molar-refractivity contribution in [3.63, 3.8) is 0 Å². The summed E-state index contributed by atoms with van der Waals surface area (Å²) in [6, 6.07) is 7.74. The molecule has 0 saturated heterocycles. The highest BCUT2D eigenvalue weighted by atomic mass is 32.1. The number of anilines is 2. The molecule has 4 rings (SSSR count). The van der Waals surface area contributed by atoms with Crippen molar-refractivity contribution in [2.24, 2.45) is 0 Å². The third-order valence-corrected chi connectivity index (χ3v) is 3.72. The van der Waals surface area contributed by atoms with Gasteiger partial charge in [0.15, 0.2) is 11.5 Å². The van der Waals surface area contributed by atoms with Crippen LogP contribution in [0.3, 0.4) is 0 Å². The van der Waals surface area contributed by atoms with Gasteiger partial charge in [-0.2, -0.15) is 0 Å². The van der Waals surface area contributed by atoms with E-state index in [4.69, 9.17) is 9.47 Å². The second-order valence-electron chi connectivity index (χ2n) is 4.05. The Hall–Kier alpha value is -2.34. The molecule has 2 aromatic heterocycles. The summed E-state index contributed by atoms with van der Waals surface area (Å²) in [6.07, 6.45) is 1.56. The molecule has 3 aromatic rings. The van der Waals surface area contributed by atoms with E-state index in [1.54, 1.807) is 17.7 Å². The van der Waals surface area contributed by atoms with Crippen molar-refractivity contribution in [1.82, 2.24) is 9.97 Å². The molecule has 1 aliphatic heterocycles. The molecule has 1 N–H and O–H groups in total. The van der Waals surface area contributed by atoms with Crippen molar-refractivity contribution in [3.8, 4) is 11.5 Å². The molecule has 0 atom stereocenters. The number of benzene rings is 1. The zero-order chi connectivity index (χ0) is 12.7. The van der Waals surface area contributed by atoms with Gasteiger partial charge >= 0.3 is 0 Å². The number of fused-ring (bicyclic) bond motifs is 2. The number of hydrogen-bond donors (Lipinski definition) is 1. The predicted octanol–water partition coefficient (Wildman–Crippen LogP) is 3.16. The molecule has 19 heavy (non-hydrogen) atoms. The fraction of sp³-hybridized carbons (Fsp3) is 0.0769. The highest BCUT2D eigenvalue weighted by Crippen LogP contribution is 2.35. The first-order chi connectivity index (χ1) is 9.40. The van der Waals surface area contributed by atoms with Crippen molar-refractivity contribution >= 4 is 33.1 Å². The predicted molar refractivity (Wildman–Crippen MR) is 73.3 cm³/mol. The Labute approximate surface area is 112 Å². The van der Waals surface area contributed by atoms with Gasteiger partial charge in [0.05, 0.1) is 5.39 Å². The minimum Gasteiger partial charge on any atom is -0.454 e. The van der Waals surface area contributed by atoms with E-state index in [2.05, 4.69) is 15.3 Å². The maximum atomic E-state index is 5.36. The van der Waals surface area contributed by atoms with Crippen LogP contribution in [-0.2, 0) is 0 Å². The van der Waals surface area contributed by atoms with Crippen LogP contribution in [0.2, 0.25) is 0 Å². The number of nitrogens with one attached hydrogen (secondary N) is 1. The Bertz CT molecular complexity index is 756. The third kappa shape index (κ3) is 1.77. The van der Waals surface area contributed by atoms with Crippen LogP contribution >= 0.6 is 11.3 Å². The molecule has 6 heteroatoms. The summed E-state index contributed by atoms with van der Waals surface area (Å²) in [4.78, 5) is 9.47. The Balaban J connectivity index is 1.73. The molecule has 0 bridgehead atoms. The van der Waals surface area contributed by atoms with Gasteiger partial charge in [-0.1, -0.05) is 0 Å². The molecule has 0 amide bonds. The molecular formula is C13H9N3O2S. The Morgan fingerprint density at radius 2 is 2.05 bits per heavy atom. The molecule has 3 heterocycles. The lowest BCUT2D eigenvalue weighted by molar-refractivity contribution is 0.174. The maximum Gasteiger partial charge on any atom is 0.231 e. The first kappa shape index (κ1) is 10.6. The van der Waals surface area contributed by atoms with E-state index in [0.29, 0.717) is 0 Å². The molecule has 0 aliphatic carbocycles. The lowest BCUT2D eigenvalue weighted by Crippen LogP contribution is -1.94. The second kappa shape index (κ2) is 4.10. The smallest absolute Gasteiger partial charge is 0.231 e. The minimum absolute atomic E-state index is 0.279. The van der Waals surface area contributed by atoms with Gasteiger partial charge in [0.1, 0.15) is 17.0 Å². The van der Waals surface area contributed by atoms with Crippen molar-refractivity contribution in [3.05, 3.63) is 36.0 Å². The van der Waals surface area contributed by atoms with E-state index in [0.717, 1.165) is 33.2 Å². The summed E-state index contributed by atoms with van der Waals surface area (Å²) in [5.41, 5.74) is 0.912. The second-order valence-corrected chi connectivity index (χ2v) is 4.95. The van der Waals surface area contributed by atoms with Crippen LogP contribution in [0, 0.1) is 0 Å². The van der Waals surface area contributed by atoms with E-state index in [-0.39, 0.29) is 6.79 Å². The standard InChI is InChI=1S/C13H9N3O2S/c1-2-10-11(18-7-17-10)5-8(1)16-12-9-3-4-19-13(9)15-6-14-12/h1-6H,7H2,(H,14,15,16). The molecule has 1 aliphatic rings. The van der Waals surface area contributed by atoms with Gasteiger partial charge in [0, 0.05) is 11.8 Å². The van der Waals surface area contributed by atoms with E-state index >= 15 is 0 Å². The zero-order valence-electron chi connectivity index (χ0n) is 9.79. The van der Waals surface area contributed by atoms with Gasteiger partial charge in [0.25, 0.3) is 0 Å². The lowest BCUT2D eigenvalue weighted by Gasteiger charge is -2.07. The third-order valence-electron chi connectivity index (χ3n) is 2.90. The summed E-state index contributed by atoms with van der Waals surface area (Å²) >= 11 is 1.60. The summed E-state index contributed by atoms with van der Waals surface area (Å²) in [5, 5.41) is 6.31. The Morgan fingerprint density at radius 1 is 1.11 bits per heavy atom. The first-order valence-corrected chi connectivity index (χ1v) is 6.63. The van der Waals surface area contributed by atoms with E-state index < -0.39 is 0 Å². The zero-order valence-corrected chi connectivity index (χ0v) is 10.6. The van der Waals surface area contributed by atoms with Crippen LogP contribution < -0.4 is 14.8 Å². The molecule has 0 radical (unpaired) electrons. The van der Waals surface area contributed by atoms with Crippen LogP contribution in [0.25, 0.3) is 10.2 Å². The number of nitrogens with zero attached hydrogens (tertiary/aromatic N) is 2. The van der Waals surface area contributed by atoms with Gasteiger partial charge in [0.2, 0.25) is 6.79 Å². The van der Waals surface area contributed by atoms with Crippen LogP contribution in [0.4, 0.5) is 11.5 Å². The van der Waals surface area contributed by atoms with Crippen LogP contribution in [0.1, 0.15) is 0 Å². The largest absolute Gasteiger partial charge is 0.454 e. The van der Waals surface area contributed by atoms with Gasteiger partial charge in [-0.25, -0.2) is 9.97 Å². The fourth-order valence-electron chi connectivity index (χ4n) is 2.00. The van der Waals surface area contributed by atoms with Gasteiger partial charge in [-0.05, 0) is 23.6 Å². The van der Waals surface area contributed by atoms with Crippen molar-refractivity contribution < 1.29 is 9.47 Å².